The molecule has 30 heavy (non-hydrogen) atoms. The third-order valence-electron chi connectivity index (χ3n) is 5.10. The van der Waals surface area contributed by atoms with E-state index < -0.39 is 6.04 Å². The van der Waals surface area contributed by atoms with Crippen molar-refractivity contribution < 1.29 is 9.59 Å². The fraction of sp³-hybridized carbons (Fsp3) is 0.391. The number of nitriles is 1. The van der Waals surface area contributed by atoms with Gasteiger partial charge in [-0.1, -0.05) is 38.1 Å². The summed E-state index contributed by atoms with van der Waals surface area (Å²) in [5.41, 5.74) is 2.66. The van der Waals surface area contributed by atoms with Gasteiger partial charge in [0.15, 0.2) is 0 Å². The Balaban J connectivity index is 1.63. The van der Waals surface area contributed by atoms with Gasteiger partial charge >= 0.3 is 0 Å². The highest BCUT2D eigenvalue weighted by molar-refractivity contribution is 5.88. The van der Waals surface area contributed by atoms with Crippen molar-refractivity contribution in [3.63, 3.8) is 0 Å². The molecule has 0 bridgehead atoms. The van der Waals surface area contributed by atoms with Crippen LogP contribution >= 0.6 is 0 Å². The molecule has 2 N–H and O–H groups in total. The van der Waals surface area contributed by atoms with Crippen LogP contribution in [0.25, 0.3) is 0 Å². The SMILES string of the molecule is CC(C)CC(=O)N1Cc2ccccc2CC1C(=O)NCCNc1ncccc1C#N. The summed E-state index contributed by atoms with van der Waals surface area (Å²) in [6.07, 6.45) is 2.54. The summed E-state index contributed by atoms with van der Waals surface area (Å²) >= 11 is 0. The molecule has 2 heterocycles. The van der Waals surface area contributed by atoms with E-state index in [4.69, 9.17) is 5.26 Å². The van der Waals surface area contributed by atoms with E-state index in [0.29, 0.717) is 43.9 Å². The van der Waals surface area contributed by atoms with Gasteiger partial charge in [-0.25, -0.2) is 4.98 Å². The molecular weight excluding hydrogens is 378 g/mol. The Labute approximate surface area is 177 Å². The second-order valence-corrected chi connectivity index (χ2v) is 7.84. The number of anilines is 1. The Morgan fingerprint density at radius 1 is 1.20 bits per heavy atom. The highest BCUT2D eigenvalue weighted by Gasteiger charge is 2.34. The maximum Gasteiger partial charge on any atom is 0.243 e. The van der Waals surface area contributed by atoms with Gasteiger partial charge in [0, 0.05) is 38.7 Å². The number of benzene rings is 1. The quantitative estimate of drug-likeness (QED) is 0.690. The van der Waals surface area contributed by atoms with Crippen LogP contribution in [0.3, 0.4) is 0 Å². The summed E-state index contributed by atoms with van der Waals surface area (Å²) in [5, 5.41) is 15.1. The molecule has 2 aromatic rings. The summed E-state index contributed by atoms with van der Waals surface area (Å²) in [7, 11) is 0. The van der Waals surface area contributed by atoms with Gasteiger partial charge in [-0.2, -0.15) is 5.26 Å². The van der Waals surface area contributed by atoms with Crippen LogP contribution in [0.2, 0.25) is 0 Å². The van der Waals surface area contributed by atoms with E-state index in [1.54, 1.807) is 23.2 Å². The number of nitrogens with zero attached hydrogens (tertiary/aromatic N) is 3. The van der Waals surface area contributed by atoms with Crippen molar-refractivity contribution in [3.8, 4) is 6.07 Å². The zero-order valence-corrected chi connectivity index (χ0v) is 17.4. The third kappa shape index (κ3) is 5.15. The van der Waals surface area contributed by atoms with Gasteiger partial charge in [0.2, 0.25) is 11.8 Å². The number of hydrogen-bond acceptors (Lipinski definition) is 5. The molecule has 1 atom stereocenters. The molecule has 0 aliphatic carbocycles. The van der Waals surface area contributed by atoms with Crippen LogP contribution in [0, 0.1) is 17.2 Å². The lowest BCUT2D eigenvalue weighted by Crippen LogP contribution is -2.53. The largest absolute Gasteiger partial charge is 0.367 e. The Kier molecular flexibility index (Phi) is 7.02. The third-order valence-corrected chi connectivity index (χ3v) is 5.10. The van der Waals surface area contributed by atoms with E-state index in [-0.39, 0.29) is 17.7 Å². The Hall–Kier alpha value is -3.40. The van der Waals surface area contributed by atoms with Crippen molar-refractivity contribution in [2.45, 2.75) is 39.3 Å². The minimum absolute atomic E-state index is 0.00456. The number of rotatable bonds is 7. The number of amides is 2. The van der Waals surface area contributed by atoms with Gasteiger partial charge in [-0.3, -0.25) is 9.59 Å². The van der Waals surface area contributed by atoms with Crippen LogP contribution in [0.4, 0.5) is 5.82 Å². The normalized spacial score (nSPS) is 15.3. The summed E-state index contributed by atoms with van der Waals surface area (Å²) in [6.45, 7) is 5.26. The van der Waals surface area contributed by atoms with Crippen molar-refractivity contribution >= 4 is 17.6 Å². The van der Waals surface area contributed by atoms with Crippen molar-refractivity contribution in [2.24, 2.45) is 5.92 Å². The Morgan fingerprint density at radius 3 is 2.70 bits per heavy atom. The molecule has 156 valence electrons. The maximum absolute atomic E-state index is 12.9. The zero-order valence-electron chi connectivity index (χ0n) is 17.4. The van der Waals surface area contributed by atoms with Crippen LogP contribution in [0.5, 0.6) is 0 Å². The standard InChI is InChI=1S/C23H27N5O2/c1-16(2)12-21(29)28-15-19-7-4-3-6-17(19)13-20(28)23(30)27-11-10-26-22-18(14-24)8-5-9-25-22/h3-9,16,20H,10-13,15H2,1-2H3,(H,25,26)(H,27,30). The first-order chi connectivity index (χ1) is 14.5. The number of carbonyl (C=O) groups is 2. The fourth-order valence-electron chi connectivity index (χ4n) is 3.61. The number of carbonyl (C=O) groups excluding carboxylic acids is 2. The predicted molar refractivity (Wildman–Crippen MR) is 114 cm³/mol. The summed E-state index contributed by atoms with van der Waals surface area (Å²) in [4.78, 5) is 31.6. The van der Waals surface area contributed by atoms with Gasteiger partial charge in [-0.05, 0) is 29.2 Å². The molecule has 0 fully saturated rings. The fourth-order valence-corrected chi connectivity index (χ4v) is 3.61. The lowest BCUT2D eigenvalue weighted by Gasteiger charge is -2.36. The van der Waals surface area contributed by atoms with Gasteiger partial charge in [-0.15, -0.1) is 0 Å². The Bertz CT molecular complexity index is 951. The average molecular weight is 406 g/mol. The van der Waals surface area contributed by atoms with E-state index in [1.807, 2.05) is 38.1 Å². The first kappa shape index (κ1) is 21.3. The number of aromatic nitrogens is 1. The molecule has 0 saturated heterocycles. The van der Waals surface area contributed by atoms with E-state index in [2.05, 4.69) is 21.7 Å². The van der Waals surface area contributed by atoms with Gasteiger partial charge in [0.25, 0.3) is 0 Å². The monoisotopic (exact) mass is 405 g/mol. The highest BCUT2D eigenvalue weighted by Crippen LogP contribution is 2.25. The molecule has 1 aromatic heterocycles. The Morgan fingerprint density at radius 2 is 1.97 bits per heavy atom. The molecule has 2 amide bonds. The van der Waals surface area contributed by atoms with Gasteiger partial charge in [0.1, 0.15) is 17.9 Å². The molecule has 1 aliphatic rings. The number of nitrogens with one attached hydrogen (secondary N) is 2. The minimum atomic E-state index is -0.518. The topological polar surface area (TPSA) is 98.1 Å². The summed E-state index contributed by atoms with van der Waals surface area (Å²) in [5.74, 6) is 0.569. The van der Waals surface area contributed by atoms with Crippen LogP contribution < -0.4 is 10.6 Å². The summed E-state index contributed by atoms with van der Waals surface area (Å²) in [6, 6.07) is 12.9. The minimum Gasteiger partial charge on any atom is -0.367 e. The molecule has 1 aromatic carbocycles. The first-order valence-corrected chi connectivity index (χ1v) is 10.2. The van der Waals surface area contributed by atoms with E-state index >= 15 is 0 Å². The number of hydrogen-bond donors (Lipinski definition) is 2. The second kappa shape index (κ2) is 9.88. The molecule has 7 heteroatoms. The molecule has 1 aliphatic heterocycles. The van der Waals surface area contributed by atoms with Crippen molar-refractivity contribution in [3.05, 3.63) is 59.3 Å². The van der Waals surface area contributed by atoms with Crippen molar-refractivity contribution in [2.75, 3.05) is 18.4 Å². The first-order valence-electron chi connectivity index (χ1n) is 10.2. The van der Waals surface area contributed by atoms with Crippen LogP contribution in [-0.2, 0) is 22.6 Å². The van der Waals surface area contributed by atoms with Crippen molar-refractivity contribution in [1.29, 1.82) is 5.26 Å². The van der Waals surface area contributed by atoms with Crippen LogP contribution in [-0.4, -0.2) is 40.8 Å². The lowest BCUT2D eigenvalue weighted by atomic mass is 9.92. The predicted octanol–water partition coefficient (Wildman–Crippen LogP) is 2.48. The molecule has 0 saturated carbocycles. The van der Waals surface area contributed by atoms with Crippen LogP contribution in [0.1, 0.15) is 37.0 Å². The number of fused-ring (bicyclic) bond motifs is 1. The maximum atomic E-state index is 12.9. The molecule has 1 unspecified atom stereocenters. The molecule has 0 radical (unpaired) electrons. The average Bonchev–Trinajstić information content (AvgIpc) is 2.75. The smallest absolute Gasteiger partial charge is 0.243 e. The zero-order chi connectivity index (χ0) is 21.5. The van der Waals surface area contributed by atoms with E-state index in [1.165, 1.54) is 0 Å². The molecular formula is C23H27N5O2. The summed E-state index contributed by atoms with van der Waals surface area (Å²) < 4.78 is 0. The van der Waals surface area contributed by atoms with Gasteiger partial charge in [0.05, 0.1) is 5.56 Å². The molecule has 3 rings (SSSR count). The molecule has 7 nitrogen and oxygen atoms in total. The van der Waals surface area contributed by atoms with Gasteiger partial charge < -0.3 is 15.5 Å². The van der Waals surface area contributed by atoms with Crippen LogP contribution in [0.15, 0.2) is 42.6 Å². The van der Waals surface area contributed by atoms with E-state index in [0.717, 1.165) is 11.1 Å². The van der Waals surface area contributed by atoms with Crippen molar-refractivity contribution in [1.82, 2.24) is 15.2 Å². The number of pyridine rings is 1. The molecule has 0 spiro atoms. The highest BCUT2D eigenvalue weighted by atomic mass is 16.2. The second-order valence-electron chi connectivity index (χ2n) is 7.84. The van der Waals surface area contributed by atoms with E-state index in [9.17, 15) is 9.59 Å². The lowest BCUT2D eigenvalue weighted by molar-refractivity contribution is -0.142.